The van der Waals surface area contributed by atoms with E-state index in [1.165, 1.54) is 0 Å². The summed E-state index contributed by atoms with van der Waals surface area (Å²) in [5.41, 5.74) is 10.1. The van der Waals surface area contributed by atoms with Crippen molar-refractivity contribution >= 4 is 16.7 Å². The normalized spacial score (nSPS) is 11.3. The lowest BCUT2D eigenvalue weighted by Gasteiger charge is -2.08. The van der Waals surface area contributed by atoms with Gasteiger partial charge in [-0.1, -0.05) is 26.0 Å². The molecule has 0 radical (unpaired) electrons. The van der Waals surface area contributed by atoms with E-state index in [-0.39, 0.29) is 0 Å². The van der Waals surface area contributed by atoms with E-state index in [2.05, 4.69) is 41.2 Å². The monoisotopic (exact) mass is 252 g/mol. The molecule has 96 valence electrons. The maximum atomic E-state index is 5.94. The zero-order valence-corrected chi connectivity index (χ0v) is 11.0. The minimum Gasteiger partial charge on any atom is -0.382 e. The first kappa shape index (κ1) is 11.7. The van der Waals surface area contributed by atoms with Crippen LogP contribution in [-0.2, 0) is 0 Å². The van der Waals surface area contributed by atoms with E-state index in [4.69, 9.17) is 5.73 Å². The van der Waals surface area contributed by atoms with Crippen molar-refractivity contribution in [1.29, 1.82) is 0 Å². The number of rotatable bonds is 2. The molecule has 0 saturated carbocycles. The number of nitrogens with zero attached hydrogens (tertiary/aromatic N) is 2. The molecule has 0 amide bonds. The summed E-state index contributed by atoms with van der Waals surface area (Å²) in [7, 11) is 0. The van der Waals surface area contributed by atoms with Crippen LogP contribution in [0.3, 0.4) is 0 Å². The zero-order valence-electron chi connectivity index (χ0n) is 11.0. The minimum atomic E-state index is 0.332. The van der Waals surface area contributed by atoms with Crippen molar-refractivity contribution in [3.05, 3.63) is 42.1 Å². The van der Waals surface area contributed by atoms with E-state index in [0.29, 0.717) is 11.7 Å². The van der Waals surface area contributed by atoms with Gasteiger partial charge in [0.1, 0.15) is 5.82 Å². The largest absolute Gasteiger partial charge is 0.382 e. The van der Waals surface area contributed by atoms with Crippen molar-refractivity contribution in [1.82, 2.24) is 15.2 Å². The van der Waals surface area contributed by atoms with Gasteiger partial charge in [0.2, 0.25) is 0 Å². The Labute approximate surface area is 111 Å². The molecule has 0 atom stereocenters. The second-order valence-electron chi connectivity index (χ2n) is 4.96. The number of nitrogen functional groups attached to an aromatic ring is 1. The molecule has 4 nitrogen and oxygen atoms in total. The molecule has 0 unspecified atom stereocenters. The van der Waals surface area contributed by atoms with Crippen LogP contribution in [0.4, 0.5) is 5.82 Å². The van der Waals surface area contributed by atoms with Gasteiger partial charge in [-0.05, 0) is 24.1 Å². The van der Waals surface area contributed by atoms with Gasteiger partial charge in [-0.2, -0.15) is 5.10 Å². The SMILES string of the molecule is CC(C)c1c(N)n[nH]c1-c1ccc2ncccc2c1. The van der Waals surface area contributed by atoms with Gasteiger partial charge in [0.05, 0.1) is 11.2 Å². The number of nitrogens with one attached hydrogen (secondary N) is 1. The molecule has 3 aromatic rings. The third kappa shape index (κ3) is 1.95. The summed E-state index contributed by atoms with van der Waals surface area (Å²) in [6.45, 7) is 4.24. The highest BCUT2D eigenvalue weighted by Gasteiger charge is 2.15. The Morgan fingerprint density at radius 2 is 2.05 bits per heavy atom. The Bertz CT molecular complexity index is 728. The summed E-state index contributed by atoms with van der Waals surface area (Å²) in [5.74, 6) is 0.912. The van der Waals surface area contributed by atoms with Crippen molar-refractivity contribution in [3.8, 4) is 11.3 Å². The molecule has 0 fully saturated rings. The maximum absolute atomic E-state index is 5.94. The van der Waals surface area contributed by atoms with Crippen LogP contribution in [0.1, 0.15) is 25.3 Å². The van der Waals surface area contributed by atoms with Crippen LogP contribution in [0, 0.1) is 0 Å². The molecule has 4 heteroatoms. The van der Waals surface area contributed by atoms with Crippen LogP contribution in [0.2, 0.25) is 0 Å². The van der Waals surface area contributed by atoms with E-state index < -0.39 is 0 Å². The van der Waals surface area contributed by atoms with Crippen LogP contribution in [0.5, 0.6) is 0 Å². The highest BCUT2D eigenvalue weighted by molar-refractivity contribution is 5.84. The smallest absolute Gasteiger partial charge is 0.149 e. The number of anilines is 1. The van der Waals surface area contributed by atoms with E-state index in [1.807, 2.05) is 18.2 Å². The van der Waals surface area contributed by atoms with Gasteiger partial charge in [-0.3, -0.25) is 10.1 Å². The molecule has 3 rings (SSSR count). The van der Waals surface area contributed by atoms with Crippen molar-refractivity contribution in [2.75, 3.05) is 5.73 Å². The first-order valence-electron chi connectivity index (χ1n) is 6.35. The topological polar surface area (TPSA) is 67.6 Å². The fourth-order valence-corrected chi connectivity index (χ4v) is 2.40. The van der Waals surface area contributed by atoms with Crippen molar-refractivity contribution in [2.24, 2.45) is 0 Å². The number of aromatic nitrogens is 3. The predicted molar refractivity (Wildman–Crippen MR) is 77.8 cm³/mol. The number of fused-ring (bicyclic) bond motifs is 1. The lowest BCUT2D eigenvalue weighted by molar-refractivity contribution is 0.873. The minimum absolute atomic E-state index is 0.332. The molecule has 0 spiro atoms. The van der Waals surface area contributed by atoms with Gasteiger partial charge >= 0.3 is 0 Å². The zero-order chi connectivity index (χ0) is 13.4. The number of benzene rings is 1. The predicted octanol–water partition coefficient (Wildman–Crippen LogP) is 3.33. The Hall–Kier alpha value is -2.36. The van der Waals surface area contributed by atoms with Gasteiger partial charge in [0.15, 0.2) is 0 Å². The first-order chi connectivity index (χ1) is 9.16. The molecular weight excluding hydrogens is 236 g/mol. The number of hydrogen-bond acceptors (Lipinski definition) is 3. The van der Waals surface area contributed by atoms with E-state index in [9.17, 15) is 0 Å². The molecule has 1 aromatic carbocycles. The molecule has 3 N–H and O–H groups in total. The van der Waals surface area contributed by atoms with Gasteiger partial charge < -0.3 is 5.73 Å². The van der Waals surface area contributed by atoms with Gasteiger partial charge in [-0.15, -0.1) is 0 Å². The Morgan fingerprint density at radius 1 is 1.21 bits per heavy atom. The summed E-state index contributed by atoms with van der Waals surface area (Å²) < 4.78 is 0. The molecule has 0 aliphatic carbocycles. The number of H-pyrrole nitrogens is 1. The highest BCUT2D eigenvalue weighted by atomic mass is 15.2. The Morgan fingerprint density at radius 3 is 2.84 bits per heavy atom. The molecule has 0 bridgehead atoms. The van der Waals surface area contributed by atoms with Gasteiger partial charge in [-0.25, -0.2) is 0 Å². The number of hydrogen-bond donors (Lipinski definition) is 2. The van der Waals surface area contributed by atoms with Crippen LogP contribution >= 0.6 is 0 Å². The van der Waals surface area contributed by atoms with Crippen LogP contribution in [0.25, 0.3) is 22.2 Å². The first-order valence-corrected chi connectivity index (χ1v) is 6.35. The molecule has 19 heavy (non-hydrogen) atoms. The average Bonchev–Trinajstić information content (AvgIpc) is 2.80. The van der Waals surface area contributed by atoms with Gasteiger partial charge in [0.25, 0.3) is 0 Å². The average molecular weight is 252 g/mol. The number of pyridine rings is 1. The second kappa shape index (κ2) is 4.39. The van der Waals surface area contributed by atoms with Crippen LogP contribution < -0.4 is 5.73 Å². The third-order valence-corrected chi connectivity index (χ3v) is 3.30. The fraction of sp³-hybridized carbons (Fsp3) is 0.200. The number of aromatic amines is 1. The van der Waals surface area contributed by atoms with Gasteiger partial charge in [0, 0.05) is 22.7 Å². The molecule has 2 aromatic heterocycles. The highest BCUT2D eigenvalue weighted by Crippen LogP contribution is 2.32. The van der Waals surface area contributed by atoms with E-state index in [0.717, 1.165) is 27.7 Å². The summed E-state index contributed by atoms with van der Waals surface area (Å²) in [6.07, 6.45) is 1.80. The summed E-state index contributed by atoms with van der Waals surface area (Å²) in [4.78, 5) is 4.33. The molecule has 2 heterocycles. The fourth-order valence-electron chi connectivity index (χ4n) is 2.40. The lowest BCUT2D eigenvalue weighted by atomic mass is 9.98. The Balaban J connectivity index is 2.19. The Kier molecular flexibility index (Phi) is 2.71. The van der Waals surface area contributed by atoms with Crippen molar-refractivity contribution < 1.29 is 0 Å². The quantitative estimate of drug-likeness (QED) is 0.735. The second-order valence-corrected chi connectivity index (χ2v) is 4.96. The van der Waals surface area contributed by atoms with Crippen LogP contribution in [-0.4, -0.2) is 15.2 Å². The van der Waals surface area contributed by atoms with Crippen molar-refractivity contribution in [3.63, 3.8) is 0 Å². The summed E-state index contributed by atoms with van der Waals surface area (Å²) >= 11 is 0. The number of nitrogens with two attached hydrogens (primary N) is 1. The maximum Gasteiger partial charge on any atom is 0.149 e. The molecule has 0 saturated heterocycles. The molecule has 0 aliphatic rings. The summed E-state index contributed by atoms with van der Waals surface area (Å²) in [5, 5.41) is 8.29. The third-order valence-electron chi connectivity index (χ3n) is 3.30. The standard InChI is InChI=1S/C15H16N4/c1-9(2)13-14(18-19-15(13)16)11-5-6-12-10(8-11)4-3-7-17-12/h3-9H,1-2H3,(H3,16,18,19). The van der Waals surface area contributed by atoms with E-state index >= 15 is 0 Å². The van der Waals surface area contributed by atoms with Crippen molar-refractivity contribution in [2.45, 2.75) is 19.8 Å². The molecular formula is C15H16N4. The van der Waals surface area contributed by atoms with E-state index in [1.54, 1.807) is 6.20 Å². The molecule has 0 aliphatic heterocycles. The lowest BCUT2D eigenvalue weighted by Crippen LogP contribution is -1.95. The van der Waals surface area contributed by atoms with Crippen LogP contribution in [0.15, 0.2) is 36.5 Å². The summed E-state index contributed by atoms with van der Waals surface area (Å²) in [6, 6.07) is 10.2.